The Morgan fingerprint density at radius 3 is 2.80 bits per heavy atom. The second-order valence-electron chi connectivity index (χ2n) is 4.87. The van der Waals surface area contributed by atoms with Crippen molar-refractivity contribution in [2.24, 2.45) is 0 Å². The van der Waals surface area contributed by atoms with Crippen LogP contribution in [0.4, 0.5) is 0 Å². The smallest absolute Gasteiger partial charge is 0.0695 e. The molecule has 1 aromatic carbocycles. The Morgan fingerprint density at radius 1 is 1.15 bits per heavy atom. The fourth-order valence-corrected chi connectivity index (χ4v) is 2.20. The van der Waals surface area contributed by atoms with Crippen molar-refractivity contribution in [2.45, 2.75) is 25.8 Å². The quantitative estimate of drug-likeness (QED) is 0.691. The summed E-state index contributed by atoms with van der Waals surface area (Å²) in [6.07, 6.45) is 5.43. The molecule has 0 saturated carbocycles. The van der Waals surface area contributed by atoms with Crippen molar-refractivity contribution in [1.29, 1.82) is 0 Å². The van der Waals surface area contributed by atoms with Gasteiger partial charge in [-0.05, 0) is 31.4 Å². The topological polar surface area (TPSA) is 49.9 Å². The highest BCUT2D eigenvalue weighted by atomic mass is 16.5. The number of nitrogens with zero attached hydrogens (tertiary/aromatic N) is 1. The first-order valence-corrected chi connectivity index (χ1v) is 7.19. The van der Waals surface area contributed by atoms with Crippen LogP contribution in [0.3, 0.4) is 0 Å². The lowest BCUT2D eigenvalue weighted by atomic mass is 10.1. The SMILES string of the molecule is COCCCCCNCc1cn[nH]c1-c1ccccc1. The second-order valence-corrected chi connectivity index (χ2v) is 4.87. The minimum atomic E-state index is 0.852. The van der Waals surface area contributed by atoms with E-state index in [1.165, 1.54) is 24.0 Å². The molecule has 20 heavy (non-hydrogen) atoms. The molecule has 0 spiro atoms. The van der Waals surface area contributed by atoms with Crippen LogP contribution >= 0.6 is 0 Å². The Bertz CT molecular complexity index is 481. The zero-order valence-electron chi connectivity index (χ0n) is 12.1. The number of aromatic nitrogens is 2. The van der Waals surface area contributed by atoms with Crippen molar-refractivity contribution < 1.29 is 4.74 Å². The summed E-state index contributed by atoms with van der Waals surface area (Å²) >= 11 is 0. The molecule has 2 rings (SSSR count). The number of H-pyrrole nitrogens is 1. The largest absolute Gasteiger partial charge is 0.385 e. The van der Waals surface area contributed by atoms with E-state index in [0.29, 0.717) is 0 Å². The first-order chi connectivity index (χ1) is 9.92. The van der Waals surface area contributed by atoms with E-state index in [1.54, 1.807) is 7.11 Å². The molecule has 4 heteroatoms. The Kier molecular flexibility index (Phi) is 6.27. The second kappa shape index (κ2) is 8.51. The summed E-state index contributed by atoms with van der Waals surface area (Å²) in [6.45, 7) is 2.74. The molecule has 0 fully saturated rings. The molecule has 0 aliphatic carbocycles. The van der Waals surface area contributed by atoms with Crippen molar-refractivity contribution in [3.63, 3.8) is 0 Å². The fourth-order valence-electron chi connectivity index (χ4n) is 2.20. The molecule has 1 heterocycles. The highest BCUT2D eigenvalue weighted by Gasteiger charge is 2.06. The molecule has 0 atom stereocenters. The number of hydrogen-bond acceptors (Lipinski definition) is 3. The van der Waals surface area contributed by atoms with Crippen LogP contribution in [0.15, 0.2) is 36.5 Å². The van der Waals surface area contributed by atoms with Gasteiger partial charge in [0.2, 0.25) is 0 Å². The number of nitrogens with one attached hydrogen (secondary N) is 2. The predicted octanol–water partition coefficient (Wildman–Crippen LogP) is 2.98. The number of ether oxygens (including phenoxy) is 1. The molecule has 4 nitrogen and oxygen atoms in total. The van der Waals surface area contributed by atoms with Crippen LogP contribution < -0.4 is 5.32 Å². The molecule has 0 saturated heterocycles. The average molecular weight is 273 g/mol. The van der Waals surface area contributed by atoms with Gasteiger partial charge in [-0.3, -0.25) is 5.10 Å². The third-order valence-electron chi connectivity index (χ3n) is 3.30. The van der Waals surface area contributed by atoms with Crippen LogP contribution in [0.1, 0.15) is 24.8 Å². The first kappa shape index (κ1) is 14.8. The molecule has 0 bridgehead atoms. The molecule has 0 radical (unpaired) electrons. The van der Waals surface area contributed by atoms with Gasteiger partial charge in [0.05, 0.1) is 11.9 Å². The Labute approximate surface area is 120 Å². The number of hydrogen-bond donors (Lipinski definition) is 2. The standard InChI is InChI=1S/C16H23N3O/c1-20-11-7-3-6-10-17-12-15-13-18-19-16(15)14-8-4-2-5-9-14/h2,4-5,8-9,13,17H,3,6-7,10-12H2,1H3,(H,18,19). The molecule has 0 amide bonds. The van der Waals surface area contributed by atoms with Crippen molar-refractivity contribution in [2.75, 3.05) is 20.3 Å². The van der Waals surface area contributed by atoms with E-state index in [9.17, 15) is 0 Å². The maximum absolute atomic E-state index is 5.04. The third-order valence-corrected chi connectivity index (χ3v) is 3.30. The normalized spacial score (nSPS) is 10.8. The predicted molar refractivity (Wildman–Crippen MR) is 81.5 cm³/mol. The lowest BCUT2D eigenvalue weighted by molar-refractivity contribution is 0.192. The van der Waals surface area contributed by atoms with Gasteiger partial charge < -0.3 is 10.1 Å². The maximum Gasteiger partial charge on any atom is 0.0695 e. The van der Waals surface area contributed by atoms with E-state index in [0.717, 1.165) is 31.8 Å². The van der Waals surface area contributed by atoms with Gasteiger partial charge in [0.25, 0.3) is 0 Å². The van der Waals surface area contributed by atoms with Crippen LogP contribution in [0.2, 0.25) is 0 Å². The van der Waals surface area contributed by atoms with Gasteiger partial charge >= 0.3 is 0 Å². The lowest BCUT2D eigenvalue weighted by Gasteiger charge is -2.06. The van der Waals surface area contributed by atoms with E-state index < -0.39 is 0 Å². The molecule has 0 aliphatic heterocycles. The van der Waals surface area contributed by atoms with Crippen molar-refractivity contribution in [3.8, 4) is 11.3 Å². The Balaban J connectivity index is 1.76. The van der Waals surface area contributed by atoms with E-state index in [1.807, 2.05) is 24.4 Å². The van der Waals surface area contributed by atoms with Gasteiger partial charge in [0.15, 0.2) is 0 Å². The zero-order chi connectivity index (χ0) is 14.0. The molecular weight excluding hydrogens is 250 g/mol. The van der Waals surface area contributed by atoms with E-state index in [-0.39, 0.29) is 0 Å². The maximum atomic E-state index is 5.04. The number of aromatic amines is 1. The summed E-state index contributed by atoms with van der Waals surface area (Å²) in [4.78, 5) is 0. The van der Waals surface area contributed by atoms with Gasteiger partial charge in [-0.25, -0.2) is 0 Å². The summed E-state index contributed by atoms with van der Waals surface area (Å²) in [5.74, 6) is 0. The minimum Gasteiger partial charge on any atom is -0.385 e. The lowest BCUT2D eigenvalue weighted by Crippen LogP contribution is -2.15. The molecule has 2 N–H and O–H groups in total. The molecule has 2 aromatic rings. The average Bonchev–Trinajstić information content (AvgIpc) is 2.96. The molecular formula is C16H23N3O. The fraction of sp³-hybridized carbons (Fsp3) is 0.438. The number of rotatable bonds is 9. The monoisotopic (exact) mass is 273 g/mol. The summed E-state index contributed by atoms with van der Waals surface area (Å²) in [5.41, 5.74) is 3.51. The number of methoxy groups -OCH3 is 1. The van der Waals surface area contributed by atoms with Crippen LogP contribution in [0.5, 0.6) is 0 Å². The highest BCUT2D eigenvalue weighted by molar-refractivity contribution is 5.62. The van der Waals surface area contributed by atoms with Gasteiger partial charge in [0.1, 0.15) is 0 Å². The minimum absolute atomic E-state index is 0.852. The van der Waals surface area contributed by atoms with Crippen molar-refractivity contribution in [1.82, 2.24) is 15.5 Å². The molecule has 1 aromatic heterocycles. The highest BCUT2D eigenvalue weighted by Crippen LogP contribution is 2.20. The summed E-state index contributed by atoms with van der Waals surface area (Å²) in [6, 6.07) is 10.3. The van der Waals surface area contributed by atoms with Crippen LogP contribution in [0.25, 0.3) is 11.3 Å². The van der Waals surface area contributed by atoms with Gasteiger partial charge in [-0.2, -0.15) is 5.10 Å². The summed E-state index contributed by atoms with van der Waals surface area (Å²) < 4.78 is 5.04. The van der Waals surface area contributed by atoms with Crippen molar-refractivity contribution in [3.05, 3.63) is 42.1 Å². The van der Waals surface area contributed by atoms with Crippen LogP contribution in [0, 0.1) is 0 Å². The number of benzene rings is 1. The third kappa shape index (κ3) is 4.47. The first-order valence-electron chi connectivity index (χ1n) is 7.19. The molecule has 0 aliphatic rings. The van der Waals surface area contributed by atoms with Gasteiger partial charge in [-0.1, -0.05) is 30.3 Å². The van der Waals surface area contributed by atoms with Gasteiger partial charge in [-0.15, -0.1) is 0 Å². The summed E-state index contributed by atoms with van der Waals surface area (Å²) in [5, 5.41) is 10.7. The molecule has 108 valence electrons. The number of unbranched alkanes of at least 4 members (excludes halogenated alkanes) is 2. The Hall–Kier alpha value is -1.65. The van der Waals surface area contributed by atoms with E-state index in [2.05, 4.69) is 27.6 Å². The van der Waals surface area contributed by atoms with Gasteiger partial charge in [0, 0.05) is 25.8 Å². The van der Waals surface area contributed by atoms with Crippen LogP contribution in [-0.4, -0.2) is 30.5 Å². The van der Waals surface area contributed by atoms with E-state index >= 15 is 0 Å². The van der Waals surface area contributed by atoms with Crippen LogP contribution in [-0.2, 0) is 11.3 Å². The molecule has 0 unspecified atom stereocenters. The van der Waals surface area contributed by atoms with E-state index in [4.69, 9.17) is 4.74 Å². The summed E-state index contributed by atoms with van der Waals surface area (Å²) in [7, 11) is 1.75. The Morgan fingerprint density at radius 2 is 2.00 bits per heavy atom. The van der Waals surface area contributed by atoms with Crippen molar-refractivity contribution >= 4 is 0 Å². The zero-order valence-corrected chi connectivity index (χ0v) is 12.1.